The summed E-state index contributed by atoms with van der Waals surface area (Å²) < 4.78 is 0. The van der Waals surface area contributed by atoms with Crippen LogP contribution in [0.2, 0.25) is 0 Å². The number of nitrogens with zero attached hydrogens (tertiary/aromatic N) is 2. The van der Waals surface area contributed by atoms with E-state index in [2.05, 4.69) is 39.9 Å². The number of likely N-dealkylation sites (N-methyl/N-ethyl adjacent to an activating group) is 1. The molecule has 2 aliphatic rings. The van der Waals surface area contributed by atoms with Crippen LogP contribution in [0, 0.1) is 0 Å². The van der Waals surface area contributed by atoms with Crippen LogP contribution in [0.1, 0.15) is 17.5 Å². The smallest absolute Gasteiger partial charge is 0.191 e. The van der Waals surface area contributed by atoms with Gasteiger partial charge in [0, 0.05) is 13.6 Å². The van der Waals surface area contributed by atoms with Crippen LogP contribution in [-0.4, -0.2) is 30.0 Å². The van der Waals surface area contributed by atoms with Crippen molar-refractivity contribution in [2.24, 2.45) is 10.7 Å². The SMILES string of the molecule is CN1C[C@]2(CCc3c(cccc3-c3ccsc3)C2)N=C1N. The Morgan fingerprint density at radius 3 is 2.95 bits per heavy atom. The number of nitrogens with two attached hydrogens (primary N) is 1. The van der Waals surface area contributed by atoms with E-state index in [4.69, 9.17) is 10.7 Å². The summed E-state index contributed by atoms with van der Waals surface area (Å²) in [6.45, 7) is 0.945. The van der Waals surface area contributed by atoms with Crippen molar-refractivity contribution in [3.8, 4) is 11.1 Å². The summed E-state index contributed by atoms with van der Waals surface area (Å²) in [6, 6.07) is 8.90. The van der Waals surface area contributed by atoms with E-state index in [-0.39, 0.29) is 5.54 Å². The minimum Gasteiger partial charge on any atom is -0.370 e. The molecule has 0 saturated heterocycles. The fourth-order valence-corrected chi connectivity index (χ4v) is 4.36. The van der Waals surface area contributed by atoms with Crippen LogP contribution in [0.4, 0.5) is 0 Å². The Morgan fingerprint density at radius 2 is 2.24 bits per heavy atom. The molecule has 1 spiro atoms. The van der Waals surface area contributed by atoms with Crippen LogP contribution in [0.15, 0.2) is 40.0 Å². The van der Waals surface area contributed by atoms with E-state index in [0.717, 1.165) is 25.8 Å². The molecule has 1 aromatic carbocycles. The predicted octanol–water partition coefficient (Wildman–Crippen LogP) is 2.90. The summed E-state index contributed by atoms with van der Waals surface area (Å²) >= 11 is 1.76. The van der Waals surface area contributed by atoms with E-state index in [1.807, 2.05) is 7.05 Å². The molecule has 1 aromatic heterocycles. The molecule has 4 heteroatoms. The van der Waals surface area contributed by atoms with Crippen LogP contribution in [0.25, 0.3) is 11.1 Å². The number of hydrogen-bond acceptors (Lipinski definition) is 4. The van der Waals surface area contributed by atoms with E-state index in [1.54, 1.807) is 11.3 Å². The van der Waals surface area contributed by atoms with Crippen molar-refractivity contribution in [1.82, 2.24) is 4.90 Å². The molecule has 1 atom stereocenters. The highest BCUT2D eigenvalue weighted by Gasteiger charge is 2.40. The van der Waals surface area contributed by atoms with Gasteiger partial charge < -0.3 is 10.6 Å². The highest BCUT2D eigenvalue weighted by molar-refractivity contribution is 7.08. The fourth-order valence-electron chi connectivity index (χ4n) is 3.70. The van der Waals surface area contributed by atoms with Gasteiger partial charge in [-0.15, -0.1) is 0 Å². The number of aliphatic imine (C=N–C) groups is 1. The maximum atomic E-state index is 5.99. The first-order chi connectivity index (χ1) is 10.2. The van der Waals surface area contributed by atoms with Crippen molar-refractivity contribution < 1.29 is 0 Å². The Balaban J connectivity index is 1.74. The topological polar surface area (TPSA) is 41.6 Å². The summed E-state index contributed by atoms with van der Waals surface area (Å²) in [5, 5.41) is 4.38. The summed E-state index contributed by atoms with van der Waals surface area (Å²) in [5.41, 5.74) is 11.7. The Labute approximate surface area is 129 Å². The Morgan fingerprint density at radius 1 is 1.33 bits per heavy atom. The van der Waals surface area contributed by atoms with Crippen LogP contribution in [0.3, 0.4) is 0 Å². The van der Waals surface area contributed by atoms with Crippen molar-refractivity contribution in [2.45, 2.75) is 24.8 Å². The molecule has 2 aromatic rings. The lowest BCUT2D eigenvalue weighted by Crippen LogP contribution is -2.39. The van der Waals surface area contributed by atoms with E-state index < -0.39 is 0 Å². The molecular formula is C17H19N3S. The summed E-state index contributed by atoms with van der Waals surface area (Å²) in [4.78, 5) is 6.85. The molecule has 1 aliphatic carbocycles. The number of fused-ring (bicyclic) bond motifs is 1. The molecule has 0 fully saturated rings. The van der Waals surface area contributed by atoms with E-state index in [1.165, 1.54) is 22.3 Å². The molecule has 3 nitrogen and oxygen atoms in total. The first kappa shape index (κ1) is 12.9. The third-order valence-corrected chi connectivity index (χ3v) is 5.42. The first-order valence-electron chi connectivity index (χ1n) is 7.37. The van der Waals surface area contributed by atoms with Gasteiger partial charge in [0.05, 0.1) is 5.54 Å². The molecule has 108 valence electrons. The van der Waals surface area contributed by atoms with Gasteiger partial charge in [-0.2, -0.15) is 11.3 Å². The largest absolute Gasteiger partial charge is 0.370 e. The zero-order valence-electron chi connectivity index (χ0n) is 12.2. The minimum atomic E-state index is -0.000890. The first-order valence-corrected chi connectivity index (χ1v) is 8.31. The number of thiophene rings is 1. The summed E-state index contributed by atoms with van der Waals surface area (Å²) in [7, 11) is 2.03. The third-order valence-electron chi connectivity index (χ3n) is 4.74. The molecule has 2 N–H and O–H groups in total. The van der Waals surface area contributed by atoms with Crippen molar-refractivity contribution >= 4 is 17.3 Å². The lowest BCUT2D eigenvalue weighted by atomic mass is 9.76. The normalized spacial score (nSPS) is 24.2. The Kier molecular flexibility index (Phi) is 2.82. The fraction of sp³-hybridized carbons (Fsp3) is 0.353. The second kappa shape index (κ2) is 4.60. The number of hydrogen-bond donors (Lipinski definition) is 1. The van der Waals surface area contributed by atoms with Gasteiger partial charge in [-0.25, -0.2) is 4.99 Å². The average molecular weight is 297 g/mol. The maximum Gasteiger partial charge on any atom is 0.191 e. The maximum absolute atomic E-state index is 5.99. The quantitative estimate of drug-likeness (QED) is 0.879. The lowest BCUT2D eigenvalue weighted by Gasteiger charge is -2.33. The number of rotatable bonds is 1. The van der Waals surface area contributed by atoms with Crippen LogP contribution >= 0.6 is 11.3 Å². The third kappa shape index (κ3) is 2.05. The molecule has 1 aliphatic heterocycles. The number of benzene rings is 1. The van der Waals surface area contributed by atoms with Crippen molar-refractivity contribution in [3.63, 3.8) is 0 Å². The molecule has 0 radical (unpaired) electrons. The molecule has 0 bridgehead atoms. The van der Waals surface area contributed by atoms with Gasteiger partial charge in [-0.3, -0.25) is 0 Å². The van der Waals surface area contributed by atoms with E-state index in [9.17, 15) is 0 Å². The van der Waals surface area contributed by atoms with E-state index >= 15 is 0 Å². The van der Waals surface area contributed by atoms with Gasteiger partial charge in [0.1, 0.15) is 0 Å². The van der Waals surface area contributed by atoms with Gasteiger partial charge in [-0.1, -0.05) is 18.2 Å². The Bertz CT molecular complexity index is 705. The molecule has 21 heavy (non-hydrogen) atoms. The molecular weight excluding hydrogens is 278 g/mol. The molecule has 0 unspecified atom stereocenters. The average Bonchev–Trinajstić information content (AvgIpc) is 3.08. The summed E-state index contributed by atoms with van der Waals surface area (Å²) in [5.74, 6) is 0.687. The highest BCUT2D eigenvalue weighted by Crippen LogP contribution is 2.39. The van der Waals surface area contributed by atoms with Gasteiger partial charge >= 0.3 is 0 Å². The molecule has 4 rings (SSSR count). The van der Waals surface area contributed by atoms with Crippen molar-refractivity contribution in [2.75, 3.05) is 13.6 Å². The van der Waals surface area contributed by atoms with Gasteiger partial charge in [0.15, 0.2) is 5.96 Å². The standard InChI is InChI=1S/C17H19N3S/c1-20-11-17(19-16(20)18)7-5-15-12(9-17)3-2-4-14(15)13-6-8-21-10-13/h2-4,6,8,10H,5,7,9,11H2,1H3,(H2,18,19)/t17-/m1/s1. The molecule has 2 heterocycles. The van der Waals surface area contributed by atoms with Crippen molar-refractivity contribution in [1.29, 1.82) is 0 Å². The zero-order valence-corrected chi connectivity index (χ0v) is 13.0. The van der Waals surface area contributed by atoms with Crippen LogP contribution in [0.5, 0.6) is 0 Å². The lowest BCUT2D eigenvalue weighted by molar-refractivity contribution is 0.335. The van der Waals surface area contributed by atoms with Gasteiger partial charge in [0.25, 0.3) is 0 Å². The van der Waals surface area contributed by atoms with Crippen molar-refractivity contribution in [3.05, 3.63) is 46.2 Å². The monoisotopic (exact) mass is 297 g/mol. The van der Waals surface area contributed by atoms with E-state index in [0.29, 0.717) is 5.96 Å². The molecule has 0 amide bonds. The Hall–Kier alpha value is -1.81. The van der Waals surface area contributed by atoms with Crippen LogP contribution < -0.4 is 5.73 Å². The highest BCUT2D eigenvalue weighted by atomic mass is 32.1. The van der Waals surface area contributed by atoms with Gasteiger partial charge in [0.2, 0.25) is 0 Å². The summed E-state index contributed by atoms with van der Waals surface area (Å²) in [6.07, 6.45) is 3.18. The van der Waals surface area contributed by atoms with Crippen LogP contribution in [-0.2, 0) is 12.8 Å². The van der Waals surface area contributed by atoms with Gasteiger partial charge in [-0.05, 0) is 58.3 Å². The minimum absolute atomic E-state index is 0.000890. The molecule has 0 saturated carbocycles. The predicted molar refractivity (Wildman–Crippen MR) is 88.8 cm³/mol. The second-order valence-electron chi connectivity index (χ2n) is 6.18. The number of guanidine groups is 1. The zero-order chi connectivity index (χ0) is 14.4. The second-order valence-corrected chi connectivity index (χ2v) is 6.96.